The van der Waals surface area contributed by atoms with Crippen molar-refractivity contribution < 1.29 is 14.6 Å². The number of anilines is 1. The highest BCUT2D eigenvalue weighted by Crippen LogP contribution is 2.20. The molecule has 1 aliphatic heterocycles. The van der Waals surface area contributed by atoms with E-state index in [-0.39, 0.29) is 5.69 Å². The number of carboxylic acids is 1. The number of aromatic carboxylic acids is 1. The summed E-state index contributed by atoms with van der Waals surface area (Å²) in [5, 5.41) is 12.1. The molecular formula is C13H18N2O3. The van der Waals surface area contributed by atoms with Gasteiger partial charge in [-0.15, -0.1) is 0 Å². The van der Waals surface area contributed by atoms with Gasteiger partial charge in [0.05, 0.1) is 6.10 Å². The first-order chi connectivity index (χ1) is 8.65. The lowest BCUT2D eigenvalue weighted by molar-refractivity contribution is 0.00557. The Labute approximate surface area is 106 Å². The average Bonchev–Trinajstić information content (AvgIpc) is 2.37. The van der Waals surface area contributed by atoms with Gasteiger partial charge in [0.15, 0.2) is 5.69 Å². The van der Waals surface area contributed by atoms with Gasteiger partial charge in [-0.05, 0) is 37.8 Å². The second-order valence-corrected chi connectivity index (χ2v) is 4.67. The first kappa shape index (κ1) is 12.8. The largest absolute Gasteiger partial charge is 0.477 e. The molecule has 98 valence electrons. The van der Waals surface area contributed by atoms with Crippen molar-refractivity contribution in [3.8, 4) is 0 Å². The first-order valence-corrected chi connectivity index (χ1v) is 6.21. The standard InChI is InChI=1S/C13H18N2O3/c1-9-7-10(5-6-18-9)8-14-12-4-2-3-11(15-12)13(16)17/h2-4,9-10H,5-8H2,1H3,(H,14,15)(H,16,17). The number of carbonyl (C=O) groups is 1. The molecule has 2 heterocycles. The molecule has 5 nitrogen and oxygen atoms in total. The van der Waals surface area contributed by atoms with Crippen LogP contribution in [0.2, 0.25) is 0 Å². The van der Waals surface area contributed by atoms with E-state index in [4.69, 9.17) is 9.84 Å². The molecule has 2 N–H and O–H groups in total. The zero-order valence-electron chi connectivity index (χ0n) is 10.4. The molecule has 0 radical (unpaired) electrons. The minimum atomic E-state index is -1.00. The fraction of sp³-hybridized carbons (Fsp3) is 0.538. The summed E-state index contributed by atoms with van der Waals surface area (Å²) < 4.78 is 5.49. The van der Waals surface area contributed by atoms with Crippen molar-refractivity contribution in [2.45, 2.75) is 25.9 Å². The molecule has 1 aromatic heterocycles. The summed E-state index contributed by atoms with van der Waals surface area (Å²) in [5.74, 6) is 0.177. The van der Waals surface area contributed by atoms with Crippen LogP contribution in [0.5, 0.6) is 0 Å². The maximum atomic E-state index is 10.8. The number of hydrogen-bond acceptors (Lipinski definition) is 4. The summed E-state index contributed by atoms with van der Waals surface area (Å²) in [6.45, 7) is 3.69. The van der Waals surface area contributed by atoms with Crippen LogP contribution in [-0.4, -0.2) is 35.3 Å². The number of rotatable bonds is 4. The minimum Gasteiger partial charge on any atom is -0.477 e. The van der Waals surface area contributed by atoms with Crippen LogP contribution in [0.1, 0.15) is 30.3 Å². The van der Waals surface area contributed by atoms with Gasteiger partial charge in [0.1, 0.15) is 5.82 Å². The van der Waals surface area contributed by atoms with Gasteiger partial charge in [-0.2, -0.15) is 0 Å². The van der Waals surface area contributed by atoms with Crippen molar-refractivity contribution >= 4 is 11.8 Å². The molecular weight excluding hydrogens is 232 g/mol. The zero-order valence-corrected chi connectivity index (χ0v) is 10.4. The lowest BCUT2D eigenvalue weighted by Crippen LogP contribution is -2.28. The molecule has 0 bridgehead atoms. The van der Waals surface area contributed by atoms with Crippen LogP contribution in [0, 0.1) is 5.92 Å². The molecule has 0 saturated carbocycles. The summed E-state index contributed by atoms with van der Waals surface area (Å²) in [6, 6.07) is 4.98. The summed E-state index contributed by atoms with van der Waals surface area (Å²) >= 11 is 0. The second kappa shape index (κ2) is 5.82. The van der Waals surface area contributed by atoms with Crippen LogP contribution in [0.3, 0.4) is 0 Å². The van der Waals surface area contributed by atoms with Crippen molar-refractivity contribution in [2.24, 2.45) is 5.92 Å². The third kappa shape index (κ3) is 3.43. The van der Waals surface area contributed by atoms with E-state index in [1.807, 2.05) is 0 Å². The second-order valence-electron chi connectivity index (χ2n) is 4.67. The van der Waals surface area contributed by atoms with Gasteiger partial charge in [-0.3, -0.25) is 0 Å². The van der Waals surface area contributed by atoms with Crippen LogP contribution < -0.4 is 5.32 Å². The van der Waals surface area contributed by atoms with Gasteiger partial charge >= 0.3 is 5.97 Å². The molecule has 2 unspecified atom stereocenters. The fourth-order valence-corrected chi connectivity index (χ4v) is 2.18. The van der Waals surface area contributed by atoms with E-state index in [2.05, 4.69) is 17.2 Å². The van der Waals surface area contributed by atoms with E-state index in [1.54, 1.807) is 12.1 Å². The Morgan fingerprint density at radius 2 is 2.44 bits per heavy atom. The highest BCUT2D eigenvalue weighted by atomic mass is 16.5. The van der Waals surface area contributed by atoms with Crippen molar-refractivity contribution in [1.82, 2.24) is 4.98 Å². The highest BCUT2D eigenvalue weighted by Gasteiger charge is 2.19. The van der Waals surface area contributed by atoms with Gasteiger partial charge in [0.25, 0.3) is 0 Å². The van der Waals surface area contributed by atoms with E-state index in [0.717, 1.165) is 26.0 Å². The van der Waals surface area contributed by atoms with Crippen LogP contribution in [0.25, 0.3) is 0 Å². The molecule has 5 heteroatoms. The van der Waals surface area contributed by atoms with Gasteiger partial charge in [-0.25, -0.2) is 9.78 Å². The monoisotopic (exact) mass is 250 g/mol. The minimum absolute atomic E-state index is 0.0698. The molecule has 1 fully saturated rings. The molecule has 1 saturated heterocycles. The number of nitrogens with one attached hydrogen (secondary N) is 1. The Morgan fingerprint density at radius 3 is 3.17 bits per heavy atom. The zero-order chi connectivity index (χ0) is 13.0. The Balaban J connectivity index is 1.89. The van der Waals surface area contributed by atoms with Crippen molar-refractivity contribution in [3.05, 3.63) is 23.9 Å². The van der Waals surface area contributed by atoms with E-state index in [9.17, 15) is 4.79 Å². The molecule has 0 spiro atoms. The van der Waals surface area contributed by atoms with E-state index >= 15 is 0 Å². The summed E-state index contributed by atoms with van der Waals surface area (Å²) in [4.78, 5) is 14.8. The predicted octanol–water partition coefficient (Wildman–Crippen LogP) is 2.01. The molecule has 1 aliphatic rings. The van der Waals surface area contributed by atoms with Gasteiger partial charge in [0.2, 0.25) is 0 Å². The Morgan fingerprint density at radius 1 is 1.61 bits per heavy atom. The highest BCUT2D eigenvalue weighted by molar-refractivity contribution is 5.85. The average molecular weight is 250 g/mol. The van der Waals surface area contributed by atoms with Gasteiger partial charge in [-0.1, -0.05) is 6.07 Å². The molecule has 0 aromatic carbocycles. The van der Waals surface area contributed by atoms with E-state index in [1.165, 1.54) is 6.07 Å². The molecule has 18 heavy (non-hydrogen) atoms. The Kier molecular flexibility index (Phi) is 4.15. The molecule has 0 amide bonds. The van der Waals surface area contributed by atoms with E-state index in [0.29, 0.717) is 17.8 Å². The number of carboxylic acid groups (broad SMARTS) is 1. The van der Waals surface area contributed by atoms with Crippen molar-refractivity contribution in [1.29, 1.82) is 0 Å². The Hall–Kier alpha value is -1.62. The van der Waals surface area contributed by atoms with E-state index < -0.39 is 5.97 Å². The Bertz CT molecular complexity index is 422. The summed E-state index contributed by atoms with van der Waals surface area (Å²) in [5.41, 5.74) is 0.0698. The lowest BCUT2D eigenvalue weighted by Gasteiger charge is -2.27. The predicted molar refractivity (Wildman–Crippen MR) is 67.8 cm³/mol. The summed E-state index contributed by atoms with van der Waals surface area (Å²) in [6.07, 6.45) is 2.38. The quantitative estimate of drug-likeness (QED) is 0.855. The topological polar surface area (TPSA) is 71.5 Å². The number of nitrogens with zero attached hydrogens (tertiary/aromatic N) is 1. The van der Waals surface area contributed by atoms with Crippen molar-refractivity contribution in [2.75, 3.05) is 18.5 Å². The first-order valence-electron chi connectivity index (χ1n) is 6.21. The molecule has 2 atom stereocenters. The molecule has 1 aromatic rings. The van der Waals surface area contributed by atoms with Gasteiger partial charge in [0, 0.05) is 13.2 Å². The van der Waals surface area contributed by atoms with Gasteiger partial charge < -0.3 is 15.2 Å². The molecule has 0 aliphatic carbocycles. The SMILES string of the molecule is CC1CC(CNc2cccc(C(=O)O)n2)CCO1. The van der Waals surface area contributed by atoms with Crippen LogP contribution in [0.4, 0.5) is 5.82 Å². The molecule has 2 rings (SSSR count). The fourth-order valence-electron chi connectivity index (χ4n) is 2.18. The summed E-state index contributed by atoms with van der Waals surface area (Å²) in [7, 11) is 0. The number of hydrogen-bond donors (Lipinski definition) is 2. The number of ether oxygens (including phenoxy) is 1. The number of pyridine rings is 1. The van der Waals surface area contributed by atoms with Crippen LogP contribution >= 0.6 is 0 Å². The smallest absolute Gasteiger partial charge is 0.354 e. The van der Waals surface area contributed by atoms with Crippen LogP contribution in [-0.2, 0) is 4.74 Å². The third-order valence-corrected chi connectivity index (χ3v) is 3.13. The lowest BCUT2D eigenvalue weighted by atomic mass is 9.96. The third-order valence-electron chi connectivity index (χ3n) is 3.13. The maximum absolute atomic E-state index is 10.8. The maximum Gasteiger partial charge on any atom is 0.354 e. The van der Waals surface area contributed by atoms with Crippen molar-refractivity contribution in [3.63, 3.8) is 0 Å². The van der Waals surface area contributed by atoms with Crippen LogP contribution in [0.15, 0.2) is 18.2 Å². The number of aromatic nitrogens is 1. The normalized spacial score (nSPS) is 23.6.